The second-order valence-corrected chi connectivity index (χ2v) is 9.99. The third-order valence-electron chi connectivity index (χ3n) is 7.61. The molecule has 2 heterocycles. The Hall–Kier alpha value is -2.27. The van der Waals surface area contributed by atoms with Crippen molar-refractivity contribution in [3.8, 4) is 0 Å². The van der Waals surface area contributed by atoms with Gasteiger partial charge in [0.2, 0.25) is 0 Å². The molecule has 3 rings (SSSR count). The quantitative estimate of drug-likeness (QED) is 0.0682. The minimum absolute atomic E-state index is 0.0760. The molecule has 0 aromatic carbocycles. The zero-order chi connectivity index (χ0) is 30.1. The second-order valence-electron chi connectivity index (χ2n) is 9.99. The molecule has 2 saturated heterocycles. The van der Waals surface area contributed by atoms with Crippen LogP contribution in [0.3, 0.4) is 0 Å². The molecule has 1 saturated carbocycles. The SMILES string of the molecule is CNC1C(O)C(O)C(CO)OC1C1C(OC2C(O)C(O)C(N=C(N)N)C(O)C2N=C(N)N)OC(CO)C1(O)C=O. The number of hydrogen-bond acceptors (Lipinski definition) is 15. The van der Waals surface area contributed by atoms with Crippen LogP contribution in [0.4, 0.5) is 0 Å². The Morgan fingerprint density at radius 1 is 0.900 bits per heavy atom. The fourth-order valence-electron chi connectivity index (χ4n) is 5.61. The summed E-state index contributed by atoms with van der Waals surface area (Å²) in [5, 5.41) is 87.4. The highest BCUT2D eigenvalue weighted by Gasteiger charge is 2.64. The molecular formula is C21H39N7O12. The number of guanidine groups is 2. The first-order chi connectivity index (χ1) is 18.8. The molecule has 0 amide bonds. The van der Waals surface area contributed by atoms with E-state index in [9.17, 15) is 45.6 Å². The summed E-state index contributed by atoms with van der Waals surface area (Å²) >= 11 is 0. The van der Waals surface area contributed by atoms with E-state index < -0.39 is 116 Å². The molecule has 40 heavy (non-hydrogen) atoms. The number of aliphatic hydroxyl groups is 8. The molecule has 0 bridgehead atoms. The largest absolute Gasteiger partial charge is 0.394 e. The van der Waals surface area contributed by atoms with Gasteiger partial charge in [-0.3, -0.25) is 0 Å². The van der Waals surface area contributed by atoms with Crippen molar-refractivity contribution in [1.29, 1.82) is 0 Å². The van der Waals surface area contributed by atoms with Crippen LogP contribution in [0.1, 0.15) is 0 Å². The van der Waals surface area contributed by atoms with Crippen LogP contribution in [0.5, 0.6) is 0 Å². The maximum atomic E-state index is 12.2. The molecular weight excluding hydrogens is 542 g/mol. The van der Waals surface area contributed by atoms with Gasteiger partial charge in [0, 0.05) is 0 Å². The first-order valence-corrected chi connectivity index (χ1v) is 12.4. The summed E-state index contributed by atoms with van der Waals surface area (Å²) in [7, 11) is 1.39. The number of nitrogens with two attached hydrogens (primary N) is 4. The molecule has 0 radical (unpaired) electrons. The number of ether oxygens (including phenoxy) is 3. The van der Waals surface area contributed by atoms with E-state index in [2.05, 4.69) is 15.3 Å². The molecule has 19 heteroatoms. The second kappa shape index (κ2) is 12.7. The predicted octanol–water partition coefficient (Wildman–Crippen LogP) is -8.92. The summed E-state index contributed by atoms with van der Waals surface area (Å²) in [4.78, 5) is 19.9. The van der Waals surface area contributed by atoms with Crippen molar-refractivity contribution >= 4 is 18.2 Å². The summed E-state index contributed by atoms with van der Waals surface area (Å²) in [6.07, 6.45) is -16.4. The Morgan fingerprint density at radius 2 is 1.50 bits per heavy atom. The van der Waals surface area contributed by atoms with Crippen LogP contribution >= 0.6 is 0 Å². The first-order valence-electron chi connectivity index (χ1n) is 12.4. The van der Waals surface area contributed by atoms with E-state index in [0.717, 1.165) is 0 Å². The van der Waals surface area contributed by atoms with Gasteiger partial charge >= 0.3 is 0 Å². The average Bonchev–Trinajstić information content (AvgIpc) is 3.19. The zero-order valence-corrected chi connectivity index (χ0v) is 21.5. The lowest BCUT2D eigenvalue weighted by Gasteiger charge is -2.48. The number of aliphatic imine (C=N–C) groups is 2. The van der Waals surface area contributed by atoms with Gasteiger partial charge in [-0.05, 0) is 7.05 Å². The lowest BCUT2D eigenvalue weighted by atomic mass is 9.76. The molecule has 1 aliphatic carbocycles. The minimum Gasteiger partial charge on any atom is -0.394 e. The van der Waals surface area contributed by atoms with Crippen LogP contribution in [-0.2, 0) is 19.0 Å². The fourth-order valence-corrected chi connectivity index (χ4v) is 5.61. The van der Waals surface area contributed by atoms with Gasteiger partial charge in [-0.15, -0.1) is 0 Å². The Morgan fingerprint density at radius 3 is 2.00 bits per heavy atom. The number of carbonyl (C=O) groups excluding carboxylic acids is 1. The molecule has 2 aliphatic heterocycles. The zero-order valence-electron chi connectivity index (χ0n) is 21.5. The van der Waals surface area contributed by atoms with Crippen LogP contribution in [0.15, 0.2) is 9.98 Å². The van der Waals surface area contributed by atoms with Crippen LogP contribution in [0.25, 0.3) is 0 Å². The van der Waals surface area contributed by atoms with E-state index in [1.807, 2.05) is 0 Å². The van der Waals surface area contributed by atoms with Gasteiger partial charge in [0.25, 0.3) is 0 Å². The Balaban J connectivity index is 2.07. The maximum absolute atomic E-state index is 12.2. The highest BCUT2D eigenvalue weighted by Crippen LogP contribution is 2.44. The van der Waals surface area contributed by atoms with E-state index in [-0.39, 0.29) is 6.29 Å². The molecule has 0 aromatic rings. The van der Waals surface area contributed by atoms with Gasteiger partial charge in [-0.2, -0.15) is 0 Å². The Bertz CT molecular complexity index is 940. The number of hydrogen-bond donors (Lipinski definition) is 13. The fraction of sp³-hybridized carbons (Fsp3) is 0.857. The number of aliphatic hydroxyl groups excluding tert-OH is 7. The summed E-state index contributed by atoms with van der Waals surface area (Å²) in [6, 6.07) is -4.22. The van der Waals surface area contributed by atoms with E-state index >= 15 is 0 Å². The van der Waals surface area contributed by atoms with Gasteiger partial charge in [-0.1, -0.05) is 0 Å². The van der Waals surface area contributed by atoms with E-state index in [0.29, 0.717) is 0 Å². The molecule has 19 nitrogen and oxygen atoms in total. The van der Waals surface area contributed by atoms with Gasteiger partial charge in [0.05, 0.1) is 31.3 Å². The topological polar surface area (TPSA) is 347 Å². The molecule has 15 atom stereocenters. The molecule has 3 fully saturated rings. The summed E-state index contributed by atoms with van der Waals surface area (Å²) in [5.74, 6) is -2.68. The van der Waals surface area contributed by atoms with Crippen molar-refractivity contribution < 1.29 is 59.9 Å². The van der Waals surface area contributed by atoms with Crippen molar-refractivity contribution in [2.24, 2.45) is 38.8 Å². The van der Waals surface area contributed by atoms with E-state index in [1.54, 1.807) is 0 Å². The summed E-state index contributed by atoms with van der Waals surface area (Å²) < 4.78 is 17.4. The van der Waals surface area contributed by atoms with Crippen LogP contribution in [-0.4, -0.2) is 164 Å². The van der Waals surface area contributed by atoms with E-state index in [4.69, 9.17) is 37.1 Å². The van der Waals surface area contributed by atoms with Gasteiger partial charge in [-0.25, -0.2) is 9.98 Å². The van der Waals surface area contributed by atoms with Crippen molar-refractivity contribution in [3.63, 3.8) is 0 Å². The third-order valence-corrected chi connectivity index (χ3v) is 7.61. The highest BCUT2D eigenvalue weighted by atomic mass is 16.7. The lowest BCUT2D eigenvalue weighted by molar-refractivity contribution is -0.264. The summed E-state index contributed by atoms with van der Waals surface area (Å²) in [6.45, 7) is -1.66. The number of carbonyl (C=O) groups is 1. The minimum atomic E-state index is -2.54. The summed E-state index contributed by atoms with van der Waals surface area (Å²) in [5.41, 5.74) is 19.2. The molecule has 3 aliphatic rings. The standard InChI is InChI=1S/C21H39N7O12/c1-26-9-14(35)11(32)5(2-29)38-16(9)7-18(39-6(3-30)21(7,37)4-31)40-17-10(28-20(24)25)12(33)8(27-19(22)23)13(34)15(17)36/h4-18,26,29-30,32-37H,2-3H2,1H3,(H4,22,23,27)(H4,24,25,28). The van der Waals surface area contributed by atoms with Crippen LogP contribution in [0, 0.1) is 5.92 Å². The Kier molecular flexibility index (Phi) is 10.2. The molecule has 15 unspecified atom stereocenters. The molecule has 0 spiro atoms. The smallest absolute Gasteiger partial charge is 0.186 e. The van der Waals surface area contributed by atoms with Gasteiger partial charge < -0.3 is 88.1 Å². The number of aldehydes is 1. The molecule has 230 valence electrons. The van der Waals surface area contributed by atoms with Gasteiger partial charge in [0.15, 0.2) is 30.1 Å². The van der Waals surface area contributed by atoms with E-state index in [1.165, 1.54) is 7.05 Å². The van der Waals surface area contributed by atoms with Crippen LogP contribution < -0.4 is 28.3 Å². The molecule has 0 aromatic heterocycles. The van der Waals surface area contributed by atoms with Gasteiger partial charge in [0.1, 0.15) is 60.9 Å². The lowest BCUT2D eigenvalue weighted by Crippen LogP contribution is -2.69. The predicted molar refractivity (Wildman–Crippen MR) is 133 cm³/mol. The maximum Gasteiger partial charge on any atom is 0.186 e. The monoisotopic (exact) mass is 581 g/mol. The normalized spacial score (nSPS) is 47.4. The van der Waals surface area contributed by atoms with Crippen molar-refractivity contribution in [2.45, 2.75) is 85.0 Å². The molecule has 17 N–H and O–H groups in total. The first kappa shape index (κ1) is 32.2. The van der Waals surface area contributed by atoms with Crippen LogP contribution in [0.2, 0.25) is 0 Å². The number of nitrogens with zero attached hydrogens (tertiary/aromatic N) is 2. The third kappa shape index (κ3) is 5.73. The van der Waals surface area contributed by atoms with Crippen molar-refractivity contribution in [2.75, 3.05) is 20.3 Å². The number of likely N-dealkylation sites (N-methyl/N-ethyl adjacent to an activating group) is 1. The highest BCUT2D eigenvalue weighted by molar-refractivity contribution is 5.76. The number of rotatable bonds is 9. The van der Waals surface area contributed by atoms with Crippen molar-refractivity contribution in [3.05, 3.63) is 0 Å². The number of nitrogens with one attached hydrogen (secondary N) is 1. The average molecular weight is 582 g/mol. The van der Waals surface area contributed by atoms with Crippen molar-refractivity contribution in [1.82, 2.24) is 5.32 Å². The Labute approximate surface area is 228 Å².